The van der Waals surface area contributed by atoms with Crippen molar-refractivity contribution in [2.45, 2.75) is 0 Å². The van der Waals surface area contributed by atoms with E-state index in [0.717, 1.165) is 105 Å². The van der Waals surface area contributed by atoms with Crippen LogP contribution in [0, 0.1) is 0 Å². The van der Waals surface area contributed by atoms with Crippen molar-refractivity contribution < 1.29 is 8.83 Å². The molecule has 270 valence electrons. The van der Waals surface area contributed by atoms with Crippen LogP contribution < -0.4 is 0 Å². The Morgan fingerprint density at radius 1 is 0.310 bits per heavy atom. The number of aromatic nitrogens is 4. The highest BCUT2D eigenvalue weighted by atomic mass is 16.3. The number of benzene rings is 8. The van der Waals surface area contributed by atoms with Crippen LogP contribution in [0.4, 0.5) is 0 Å². The van der Waals surface area contributed by atoms with Gasteiger partial charge in [0.1, 0.15) is 22.3 Å². The smallest absolute Gasteiger partial charge is 0.167 e. The third kappa shape index (κ3) is 5.05. The van der Waals surface area contributed by atoms with E-state index in [1.807, 2.05) is 78.9 Å². The van der Waals surface area contributed by atoms with Gasteiger partial charge < -0.3 is 8.83 Å². The number of rotatable bonds is 5. The van der Waals surface area contributed by atoms with E-state index >= 15 is 0 Å². The number of nitrogens with zero attached hydrogens (tertiary/aromatic N) is 4. The molecule has 0 aliphatic carbocycles. The van der Waals surface area contributed by atoms with Crippen molar-refractivity contribution in [3.05, 3.63) is 182 Å². The zero-order valence-electron chi connectivity index (χ0n) is 30.9. The monoisotopic (exact) mass is 742 g/mol. The van der Waals surface area contributed by atoms with E-state index in [-0.39, 0.29) is 0 Å². The number of para-hydroxylation sites is 4. The summed E-state index contributed by atoms with van der Waals surface area (Å²) in [6.07, 6.45) is 0. The molecule has 0 unspecified atom stereocenters. The van der Waals surface area contributed by atoms with Crippen molar-refractivity contribution in [2.75, 3.05) is 0 Å². The Hall–Kier alpha value is -7.96. The maximum atomic E-state index is 6.45. The zero-order valence-corrected chi connectivity index (χ0v) is 30.9. The lowest BCUT2D eigenvalue weighted by atomic mass is 9.93. The minimum atomic E-state index is 0.543. The molecule has 0 aliphatic rings. The normalized spacial score (nSPS) is 11.8. The molecule has 4 aromatic heterocycles. The van der Waals surface area contributed by atoms with Crippen molar-refractivity contribution in [3.8, 4) is 56.5 Å². The molecule has 0 saturated heterocycles. The Kier molecular flexibility index (Phi) is 7.13. The van der Waals surface area contributed by atoms with E-state index in [2.05, 4.69) is 103 Å². The fraction of sp³-hybridized carbons (Fsp3) is 0. The van der Waals surface area contributed by atoms with Crippen molar-refractivity contribution in [1.29, 1.82) is 0 Å². The van der Waals surface area contributed by atoms with Gasteiger partial charge in [0.2, 0.25) is 0 Å². The van der Waals surface area contributed by atoms with E-state index in [1.165, 1.54) is 0 Å². The van der Waals surface area contributed by atoms with Crippen molar-refractivity contribution >= 4 is 65.6 Å². The third-order valence-corrected chi connectivity index (χ3v) is 11.1. The first-order valence-electron chi connectivity index (χ1n) is 19.3. The van der Waals surface area contributed by atoms with Crippen LogP contribution in [0.1, 0.15) is 0 Å². The topological polar surface area (TPSA) is 77.8 Å². The van der Waals surface area contributed by atoms with Gasteiger partial charge in [0.25, 0.3) is 0 Å². The Morgan fingerprint density at radius 2 is 0.897 bits per heavy atom. The van der Waals surface area contributed by atoms with Crippen molar-refractivity contribution in [1.82, 2.24) is 19.9 Å². The van der Waals surface area contributed by atoms with E-state index in [1.54, 1.807) is 0 Å². The van der Waals surface area contributed by atoms with Crippen LogP contribution in [-0.2, 0) is 0 Å². The summed E-state index contributed by atoms with van der Waals surface area (Å²) >= 11 is 0. The van der Waals surface area contributed by atoms with Gasteiger partial charge in [-0.05, 0) is 42.0 Å². The predicted molar refractivity (Wildman–Crippen MR) is 234 cm³/mol. The van der Waals surface area contributed by atoms with Crippen LogP contribution in [0.25, 0.3) is 122 Å². The van der Waals surface area contributed by atoms with E-state index in [4.69, 9.17) is 28.8 Å². The first-order valence-corrected chi connectivity index (χ1v) is 19.3. The fourth-order valence-corrected chi connectivity index (χ4v) is 8.47. The maximum absolute atomic E-state index is 6.45. The third-order valence-electron chi connectivity index (χ3n) is 11.1. The number of hydrogen-bond donors (Lipinski definition) is 0. The number of furan rings is 2. The van der Waals surface area contributed by atoms with Crippen LogP contribution in [0.3, 0.4) is 0 Å². The SMILES string of the molecule is c1ccc(-c2nc(-c3cccc(-c4cccc5c4nc(-c4ccccc4)c4ccc6oc7ccccc7c6c45)c3)nc(-c3cccc4c3oc3ccccc34)n2)cc1. The molecule has 0 fully saturated rings. The van der Waals surface area contributed by atoms with Crippen LogP contribution >= 0.6 is 0 Å². The maximum Gasteiger partial charge on any atom is 0.167 e. The van der Waals surface area contributed by atoms with Crippen LogP contribution in [0.2, 0.25) is 0 Å². The highest BCUT2D eigenvalue weighted by Crippen LogP contribution is 2.43. The second-order valence-corrected chi connectivity index (χ2v) is 14.5. The highest BCUT2D eigenvalue weighted by molar-refractivity contribution is 6.29. The molecule has 6 heteroatoms. The summed E-state index contributed by atoms with van der Waals surface area (Å²) in [5, 5.41) is 7.51. The summed E-state index contributed by atoms with van der Waals surface area (Å²) in [7, 11) is 0. The zero-order chi connectivity index (χ0) is 38.2. The second-order valence-electron chi connectivity index (χ2n) is 14.5. The summed E-state index contributed by atoms with van der Waals surface area (Å²) in [6, 6.07) is 62.1. The molecule has 58 heavy (non-hydrogen) atoms. The Balaban J connectivity index is 1.09. The lowest BCUT2D eigenvalue weighted by Crippen LogP contribution is -2.00. The summed E-state index contributed by atoms with van der Waals surface area (Å²) in [5.41, 5.74) is 10.7. The molecule has 4 heterocycles. The Bertz CT molecular complexity index is 3570. The standard InChI is InChI=1S/C52H30N4O2/c1-3-14-31(15-4-1)47-40-28-29-44-46(38-21-8-10-27-43(38)57-44)45(40)39-24-12-22-35(48(39)53-47)33-18-11-19-34(30-33)51-54-50(32-16-5-2-6-17-32)55-52(56-51)41-25-13-23-37-36-20-7-9-26-42(36)58-49(37)41/h1-30H. The van der Waals surface area contributed by atoms with Gasteiger partial charge in [-0.15, -0.1) is 0 Å². The van der Waals surface area contributed by atoms with E-state index < -0.39 is 0 Å². The quantitative estimate of drug-likeness (QED) is 0.163. The molecule has 0 bridgehead atoms. The Labute approximate surface area is 331 Å². The molecule has 12 rings (SSSR count). The van der Waals surface area contributed by atoms with Crippen molar-refractivity contribution in [2.24, 2.45) is 0 Å². The lowest BCUT2D eigenvalue weighted by molar-refractivity contribution is 0.669. The van der Waals surface area contributed by atoms with Crippen molar-refractivity contribution in [3.63, 3.8) is 0 Å². The molecular weight excluding hydrogens is 713 g/mol. The molecule has 6 nitrogen and oxygen atoms in total. The minimum Gasteiger partial charge on any atom is -0.456 e. The number of pyridine rings is 1. The van der Waals surface area contributed by atoms with Crippen LogP contribution in [-0.4, -0.2) is 19.9 Å². The Morgan fingerprint density at radius 3 is 1.71 bits per heavy atom. The summed E-state index contributed by atoms with van der Waals surface area (Å²) in [6.45, 7) is 0. The molecule has 0 saturated carbocycles. The highest BCUT2D eigenvalue weighted by Gasteiger charge is 2.21. The molecule has 12 aromatic rings. The van der Waals surface area contributed by atoms with Gasteiger partial charge in [0.05, 0.1) is 16.8 Å². The summed E-state index contributed by atoms with van der Waals surface area (Å²) in [5.74, 6) is 1.69. The number of hydrogen-bond acceptors (Lipinski definition) is 6. The number of fused-ring (bicyclic) bond motifs is 10. The lowest BCUT2D eigenvalue weighted by Gasteiger charge is -2.15. The first kappa shape index (κ1) is 32.3. The van der Waals surface area contributed by atoms with Gasteiger partial charge in [0, 0.05) is 60.0 Å². The first-order chi connectivity index (χ1) is 28.7. The average molecular weight is 743 g/mol. The molecule has 0 aliphatic heterocycles. The predicted octanol–water partition coefficient (Wildman–Crippen LogP) is 13.7. The average Bonchev–Trinajstić information content (AvgIpc) is 3.88. The largest absolute Gasteiger partial charge is 0.456 e. The molecule has 0 N–H and O–H groups in total. The molecule has 0 amide bonds. The summed E-state index contributed by atoms with van der Waals surface area (Å²) < 4.78 is 12.9. The van der Waals surface area contributed by atoms with Crippen LogP contribution in [0.15, 0.2) is 191 Å². The molecular formula is C52H30N4O2. The molecule has 0 radical (unpaired) electrons. The second kappa shape index (κ2) is 12.8. The van der Waals surface area contributed by atoms with Gasteiger partial charge in [-0.3, -0.25) is 0 Å². The summed E-state index contributed by atoms with van der Waals surface area (Å²) in [4.78, 5) is 20.8. The minimum absolute atomic E-state index is 0.543. The van der Waals surface area contributed by atoms with Gasteiger partial charge in [-0.25, -0.2) is 19.9 Å². The molecule has 8 aromatic carbocycles. The molecule has 0 spiro atoms. The van der Waals surface area contributed by atoms with E-state index in [9.17, 15) is 0 Å². The van der Waals surface area contributed by atoms with Gasteiger partial charge >= 0.3 is 0 Å². The molecule has 0 atom stereocenters. The van der Waals surface area contributed by atoms with Crippen LogP contribution in [0.5, 0.6) is 0 Å². The van der Waals surface area contributed by atoms with E-state index in [0.29, 0.717) is 17.5 Å². The van der Waals surface area contributed by atoms with Gasteiger partial charge in [-0.1, -0.05) is 146 Å². The fourth-order valence-electron chi connectivity index (χ4n) is 8.47. The van der Waals surface area contributed by atoms with Gasteiger partial charge in [-0.2, -0.15) is 0 Å². The van der Waals surface area contributed by atoms with Gasteiger partial charge in [0.15, 0.2) is 17.5 Å².